The number of rotatable bonds is 4. The van der Waals surface area contributed by atoms with Gasteiger partial charge in [0.05, 0.1) is 24.9 Å². The van der Waals surface area contributed by atoms with Crippen LogP contribution in [-0.4, -0.2) is 35.5 Å². The zero-order valence-electron chi connectivity index (χ0n) is 10.1. The molecule has 17 heavy (non-hydrogen) atoms. The van der Waals surface area contributed by atoms with Crippen LogP contribution in [0.4, 0.5) is 0 Å². The predicted octanol–water partition coefficient (Wildman–Crippen LogP) is 1.78. The molecule has 0 aromatic carbocycles. The fraction of sp³-hybridized carbons (Fsp3) is 0.538. The van der Waals surface area contributed by atoms with Crippen LogP contribution in [0, 0.1) is 0 Å². The lowest BCUT2D eigenvalue weighted by Crippen LogP contribution is -2.31. The maximum absolute atomic E-state index is 11.5. The molecular formula is C13H18N2O2. The zero-order valence-corrected chi connectivity index (χ0v) is 10.1. The maximum Gasteiger partial charge on any atom is 0.320 e. The van der Waals surface area contributed by atoms with Crippen molar-refractivity contribution in [3.63, 3.8) is 0 Å². The molecule has 0 spiro atoms. The molecule has 2 rings (SSSR count). The first-order chi connectivity index (χ1) is 8.31. The Balaban J connectivity index is 2.00. The molecule has 1 aromatic rings. The molecule has 1 unspecified atom stereocenters. The predicted molar refractivity (Wildman–Crippen MR) is 64.4 cm³/mol. The largest absolute Gasteiger partial charge is 0.465 e. The lowest BCUT2D eigenvalue weighted by Gasteiger charge is -2.22. The third-order valence-corrected chi connectivity index (χ3v) is 3.03. The number of hydrogen-bond donors (Lipinski definition) is 0. The summed E-state index contributed by atoms with van der Waals surface area (Å²) in [6, 6.07) is 6.19. The van der Waals surface area contributed by atoms with Crippen LogP contribution in [0.3, 0.4) is 0 Å². The molecule has 1 aromatic heterocycles. The van der Waals surface area contributed by atoms with E-state index in [1.807, 2.05) is 25.1 Å². The number of pyridine rings is 1. The summed E-state index contributed by atoms with van der Waals surface area (Å²) in [5, 5.41) is 0. The molecule has 0 aliphatic carbocycles. The van der Waals surface area contributed by atoms with Crippen LogP contribution < -0.4 is 0 Å². The first kappa shape index (κ1) is 12.0. The minimum absolute atomic E-state index is 0.143. The van der Waals surface area contributed by atoms with Crippen LogP contribution >= 0.6 is 0 Å². The summed E-state index contributed by atoms with van der Waals surface area (Å²) in [5.74, 6) is -0.143. The number of carbonyl (C=O) groups excluding carboxylic acids is 1. The van der Waals surface area contributed by atoms with Crippen molar-refractivity contribution in [3.8, 4) is 0 Å². The summed E-state index contributed by atoms with van der Waals surface area (Å²) in [5.41, 5.74) is 1.05. The topological polar surface area (TPSA) is 42.4 Å². The number of carbonyl (C=O) groups is 1. The normalized spacial score (nSPS) is 20.4. The van der Waals surface area contributed by atoms with E-state index in [0.717, 1.165) is 25.1 Å². The van der Waals surface area contributed by atoms with Gasteiger partial charge in [-0.05, 0) is 38.4 Å². The Bertz CT molecular complexity index is 367. The van der Waals surface area contributed by atoms with Gasteiger partial charge in [0.2, 0.25) is 0 Å². The summed E-state index contributed by atoms with van der Waals surface area (Å²) < 4.78 is 4.99. The second kappa shape index (κ2) is 5.77. The number of hydrogen-bond acceptors (Lipinski definition) is 4. The SMILES string of the molecule is CCOC(=O)CN1CCCC1c1ccccn1. The van der Waals surface area contributed by atoms with Gasteiger partial charge in [0.25, 0.3) is 0 Å². The monoisotopic (exact) mass is 234 g/mol. The Morgan fingerprint density at radius 1 is 1.59 bits per heavy atom. The molecule has 1 aliphatic rings. The Kier molecular flexibility index (Phi) is 4.09. The highest BCUT2D eigenvalue weighted by Gasteiger charge is 2.28. The average Bonchev–Trinajstić information content (AvgIpc) is 2.78. The van der Waals surface area contributed by atoms with Crippen LogP contribution in [0.2, 0.25) is 0 Å². The molecule has 1 fully saturated rings. The summed E-state index contributed by atoms with van der Waals surface area (Å²) >= 11 is 0. The Labute approximate surface area is 102 Å². The van der Waals surface area contributed by atoms with E-state index in [0.29, 0.717) is 13.2 Å². The maximum atomic E-state index is 11.5. The first-order valence-corrected chi connectivity index (χ1v) is 6.12. The van der Waals surface area contributed by atoms with E-state index < -0.39 is 0 Å². The molecule has 0 amide bonds. The summed E-state index contributed by atoms with van der Waals surface area (Å²) in [6.45, 7) is 3.59. The Morgan fingerprint density at radius 2 is 2.47 bits per heavy atom. The van der Waals surface area contributed by atoms with Crippen molar-refractivity contribution < 1.29 is 9.53 Å². The van der Waals surface area contributed by atoms with Crippen LogP contribution in [0.1, 0.15) is 31.5 Å². The van der Waals surface area contributed by atoms with Gasteiger partial charge in [-0.1, -0.05) is 6.07 Å². The van der Waals surface area contributed by atoms with Gasteiger partial charge in [0, 0.05) is 6.20 Å². The third kappa shape index (κ3) is 3.03. The Morgan fingerprint density at radius 3 is 3.18 bits per heavy atom. The molecule has 1 aliphatic heterocycles. The van der Waals surface area contributed by atoms with Gasteiger partial charge in [0.1, 0.15) is 0 Å². The van der Waals surface area contributed by atoms with Gasteiger partial charge in [0.15, 0.2) is 0 Å². The molecule has 1 saturated heterocycles. The third-order valence-electron chi connectivity index (χ3n) is 3.03. The Hall–Kier alpha value is -1.42. The minimum Gasteiger partial charge on any atom is -0.465 e. The van der Waals surface area contributed by atoms with Gasteiger partial charge in [-0.15, -0.1) is 0 Å². The highest BCUT2D eigenvalue weighted by Crippen LogP contribution is 2.29. The second-order valence-corrected chi connectivity index (χ2v) is 4.19. The molecule has 0 bridgehead atoms. The number of aromatic nitrogens is 1. The molecule has 0 radical (unpaired) electrons. The van der Waals surface area contributed by atoms with E-state index in [2.05, 4.69) is 9.88 Å². The molecule has 0 saturated carbocycles. The average molecular weight is 234 g/mol. The summed E-state index contributed by atoms with van der Waals surface area (Å²) in [7, 11) is 0. The van der Waals surface area contributed by atoms with Crippen LogP contribution in [0.15, 0.2) is 24.4 Å². The van der Waals surface area contributed by atoms with Gasteiger partial charge >= 0.3 is 5.97 Å². The van der Waals surface area contributed by atoms with Gasteiger partial charge in [-0.3, -0.25) is 14.7 Å². The summed E-state index contributed by atoms with van der Waals surface area (Å²) in [4.78, 5) is 18.0. The van der Waals surface area contributed by atoms with Gasteiger partial charge in [-0.2, -0.15) is 0 Å². The van der Waals surface area contributed by atoms with Crippen molar-refractivity contribution in [2.24, 2.45) is 0 Å². The molecular weight excluding hydrogens is 216 g/mol. The molecule has 0 N–H and O–H groups in total. The molecule has 1 atom stereocenters. The van der Waals surface area contributed by atoms with Crippen LogP contribution in [0.5, 0.6) is 0 Å². The fourth-order valence-corrected chi connectivity index (χ4v) is 2.30. The highest BCUT2D eigenvalue weighted by molar-refractivity contribution is 5.71. The molecule has 2 heterocycles. The molecule has 4 heteroatoms. The number of nitrogens with zero attached hydrogens (tertiary/aromatic N) is 2. The smallest absolute Gasteiger partial charge is 0.320 e. The number of likely N-dealkylation sites (tertiary alicyclic amines) is 1. The first-order valence-electron chi connectivity index (χ1n) is 6.12. The van der Waals surface area contributed by atoms with Crippen molar-refractivity contribution in [2.45, 2.75) is 25.8 Å². The number of esters is 1. The zero-order chi connectivity index (χ0) is 12.1. The van der Waals surface area contributed by atoms with Gasteiger partial charge in [-0.25, -0.2) is 0 Å². The lowest BCUT2D eigenvalue weighted by molar-refractivity contribution is -0.144. The standard InChI is InChI=1S/C13H18N2O2/c1-2-17-13(16)10-15-9-5-7-12(15)11-6-3-4-8-14-11/h3-4,6,8,12H,2,5,7,9-10H2,1H3. The van der Waals surface area contributed by atoms with E-state index in [1.54, 1.807) is 6.20 Å². The van der Waals surface area contributed by atoms with E-state index in [4.69, 9.17) is 4.74 Å². The van der Waals surface area contributed by atoms with Crippen molar-refractivity contribution in [1.82, 2.24) is 9.88 Å². The van der Waals surface area contributed by atoms with Crippen molar-refractivity contribution >= 4 is 5.97 Å². The van der Waals surface area contributed by atoms with Crippen molar-refractivity contribution in [2.75, 3.05) is 19.7 Å². The van der Waals surface area contributed by atoms with Gasteiger partial charge < -0.3 is 4.74 Å². The molecule has 4 nitrogen and oxygen atoms in total. The van der Waals surface area contributed by atoms with Crippen LogP contribution in [-0.2, 0) is 9.53 Å². The van der Waals surface area contributed by atoms with Crippen molar-refractivity contribution in [1.29, 1.82) is 0 Å². The summed E-state index contributed by atoms with van der Waals surface area (Å²) in [6.07, 6.45) is 3.98. The van der Waals surface area contributed by atoms with Crippen molar-refractivity contribution in [3.05, 3.63) is 30.1 Å². The van der Waals surface area contributed by atoms with E-state index in [-0.39, 0.29) is 12.0 Å². The number of ether oxygens (including phenoxy) is 1. The fourth-order valence-electron chi connectivity index (χ4n) is 2.30. The minimum atomic E-state index is -0.143. The van der Waals surface area contributed by atoms with E-state index >= 15 is 0 Å². The molecule has 92 valence electrons. The quantitative estimate of drug-likeness (QED) is 0.745. The van der Waals surface area contributed by atoms with E-state index in [9.17, 15) is 4.79 Å². The second-order valence-electron chi connectivity index (χ2n) is 4.19. The van der Waals surface area contributed by atoms with Crippen LogP contribution in [0.25, 0.3) is 0 Å². The lowest BCUT2D eigenvalue weighted by atomic mass is 10.1. The highest BCUT2D eigenvalue weighted by atomic mass is 16.5. The van der Waals surface area contributed by atoms with E-state index in [1.165, 1.54) is 0 Å².